The second kappa shape index (κ2) is 4.82. The third-order valence-electron chi connectivity index (χ3n) is 2.84. The Morgan fingerprint density at radius 3 is 2.75 bits per heavy atom. The Morgan fingerprint density at radius 2 is 2.25 bits per heavy atom. The monoisotopic (exact) mass is 228 g/mol. The molecule has 0 aromatic heterocycles. The van der Waals surface area contributed by atoms with Gasteiger partial charge in [0.1, 0.15) is 0 Å². The summed E-state index contributed by atoms with van der Waals surface area (Å²) in [5.41, 5.74) is -0.229. The van der Waals surface area contributed by atoms with Crippen LogP contribution in [-0.2, 0) is 9.59 Å². The average Bonchev–Trinajstić information content (AvgIpc) is 2.13. The maximum absolute atomic E-state index is 11.8. The zero-order valence-corrected chi connectivity index (χ0v) is 10.1. The van der Waals surface area contributed by atoms with E-state index in [0.29, 0.717) is 6.42 Å². The molecule has 0 spiro atoms. The van der Waals surface area contributed by atoms with Crippen molar-refractivity contribution in [3.05, 3.63) is 0 Å². The molecule has 0 aromatic carbocycles. The highest BCUT2D eigenvalue weighted by Crippen LogP contribution is 2.18. The third-order valence-corrected chi connectivity index (χ3v) is 2.84. The van der Waals surface area contributed by atoms with Crippen molar-refractivity contribution in [2.45, 2.75) is 45.2 Å². The van der Waals surface area contributed by atoms with Gasteiger partial charge in [-0.25, -0.2) is 0 Å². The van der Waals surface area contributed by atoms with Gasteiger partial charge in [0.2, 0.25) is 5.91 Å². The Bertz CT molecular complexity index is 289. The number of nitrogens with zero attached hydrogens (tertiary/aromatic N) is 1. The topological polar surface area (TPSA) is 69.6 Å². The van der Waals surface area contributed by atoms with Crippen molar-refractivity contribution in [1.82, 2.24) is 10.2 Å². The van der Waals surface area contributed by atoms with Crippen molar-refractivity contribution >= 4 is 11.9 Å². The summed E-state index contributed by atoms with van der Waals surface area (Å²) in [6.07, 6.45) is 0.417. The minimum absolute atomic E-state index is 0.0367. The fourth-order valence-corrected chi connectivity index (χ4v) is 2.15. The number of nitrogens with one attached hydrogen (secondary N) is 1. The number of carboxylic acid groups (broad SMARTS) is 1. The van der Waals surface area contributed by atoms with Gasteiger partial charge >= 0.3 is 5.97 Å². The zero-order chi connectivity index (χ0) is 12.3. The molecule has 1 saturated heterocycles. The molecule has 0 aromatic rings. The normalized spacial score (nSPS) is 25.2. The Hall–Kier alpha value is -1.10. The lowest BCUT2D eigenvalue weighted by molar-refractivity contribution is -0.138. The van der Waals surface area contributed by atoms with Gasteiger partial charge in [-0.2, -0.15) is 0 Å². The van der Waals surface area contributed by atoms with Crippen LogP contribution in [0.3, 0.4) is 0 Å². The molecular formula is C11H20N2O3. The summed E-state index contributed by atoms with van der Waals surface area (Å²) in [7, 11) is 0. The van der Waals surface area contributed by atoms with Crippen molar-refractivity contribution in [2.24, 2.45) is 0 Å². The van der Waals surface area contributed by atoms with Gasteiger partial charge in [-0.05, 0) is 26.8 Å². The molecule has 2 N–H and O–H groups in total. The van der Waals surface area contributed by atoms with E-state index in [-0.39, 0.29) is 23.9 Å². The Labute approximate surface area is 95.8 Å². The molecule has 1 aliphatic rings. The first-order chi connectivity index (χ1) is 7.35. The molecule has 0 saturated carbocycles. The fourth-order valence-electron chi connectivity index (χ4n) is 2.15. The lowest BCUT2D eigenvalue weighted by atomic mass is 9.96. The van der Waals surface area contributed by atoms with E-state index in [1.807, 2.05) is 25.7 Å². The largest absolute Gasteiger partial charge is 0.481 e. The second-order valence-electron chi connectivity index (χ2n) is 4.88. The number of rotatable bonds is 4. The van der Waals surface area contributed by atoms with Crippen LogP contribution < -0.4 is 5.32 Å². The van der Waals surface area contributed by atoms with Gasteiger partial charge in [-0.15, -0.1) is 0 Å². The molecule has 1 amide bonds. The molecule has 16 heavy (non-hydrogen) atoms. The maximum atomic E-state index is 11.8. The highest BCUT2D eigenvalue weighted by atomic mass is 16.4. The Balaban J connectivity index is 2.67. The van der Waals surface area contributed by atoms with E-state index < -0.39 is 5.97 Å². The van der Waals surface area contributed by atoms with Gasteiger partial charge in [0.05, 0.1) is 6.04 Å². The van der Waals surface area contributed by atoms with Crippen molar-refractivity contribution in [3.8, 4) is 0 Å². The zero-order valence-electron chi connectivity index (χ0n) is 10.1. The second-order valence-corrected chi connectivity index (χ2v) is 4.88. The van der Waals surface area contributed by atoms with E-state index in [0.717, 1.165) is 13.1 Å². The Morgan fingerprint density at radius 1 is 1.62 bits per heavy atom. The number of likely N-dealkylation sites (N-methyl/N-ethyl adjacent to an activating group) is 1. The van der Waals surface area contributed by atoms with Crippen LogP contribution in [0.15, 0.2) is 0 Å². The van der Waals surface area contributed by atoms with Gasteiger partial charge < -0.3 is 10.4 Å². The highest BCUT2D eigenvalue weighted by molar-refractivity contribution is 5.84. The molecule has 0 aliphatic carbocycles. The van der Waals surface area contributed by atoms with Crippen LogP contribution in [0.5, 0.6) is 0 Å². The number of carbonyl (C=O) groups excluding carboxylic acids is 1. The molecule has 0 radical (unpaired) electrons. The van der Waals surface area contributed by atoms with Crippen molar-refractivity contribution in [1.29, 1.82) is 0 Å². The minimum atomic E-state index is -0.853. The number of piperazine rings is 1. The summed E-state index contributed by atoms with van der Waals surface area (Å²) >= 11 is 0. The number of amides is 1. The van der Waals surface area contributed by atoms with Crippen LogP contribution in [0.4, 0.5) is 0 Å². The Kier molecular flexibility index (Phi) is 3.91. The van der Waals surface area contributed by atoms with Gasteiger partial charge in [0.15, 0.2) is 0 Å². The summed E-state index contributed by atoms with van der Waals surface area (Å²) in [4.78, 5) is 24.4. The van der Waals surface area contributed by atoms with Crippen molar-refractivity contribution in [2.75, 3.05) is 13.1 Å². The van der Waals surface area contributed by atoms with Crippen molar-refractivity contribution in [3.63, 3.8) is 0 Å². The molecular weight excluding hydrogens is 208 g/mol. The van der Waals surface area contributed by atoms with Crippen LogP contribution in [-0.4, -0.2) is 46.6 Å². The number of hydrogen-bond donors (Lipinski definition) is 2. The molecule has 0 bridgehead atoms. The molecule has 1 rings (SSSR count). The molecule has 1 aliphatic heterocycles. The van der Waals surface area contributed by atoms with Crippen LogP contribution >= 0.6 is 0 Å². The minimum Gasteiger partial charge on any atom is -0.481 e. The smallest absolute Gasteiger partial charge is 0.303 e. The summed E-state index contributed by atoms with van der Waals surface area (Å²) in [5, 5.41) is 11.6. The van der Waals surface area contributed by atoms with E-state index in [2.05, 4.69) is 5.32 Å². The van der Waals surface area contributed by atoms with E-state index in [1.165, 1.54) is 0 Å². The molecule has 1 heterocycles. The van der Waals surface area contributed by atoms with E-state index in [1.54, 1.807) is 0 Å². The summed E-state index contributed by atoms with van der Waals surface area (Å²) in [6.45, 7) is 7.46. The van der Waals surface area contributed by atoms with E-state index >= 15 is 0 Å². The predicted octanol–water partition coefficient (Wildman–Crippen LogP) is 0.450. The highest BCUT2D eigenvalue weighted by Gasteiger charge is 2.37. The first-order valence-corrected chi connectivity index (χ1v) is 5.63. The first kappa shape index (κ1) is 13.0. The number of aliphatic carboxylic acids is 1. The summed E-state index contributed by atoms with van der Waals surface area (Å²) in [6, 6.07) is -0.297. The molecule has 5 nitrogen and oxygen atoms in total. The lowest BCUT2D eigenvalue weighted by Gasteiger charge is -2.43. The molecule has 1 fully saturated rings. The summed E-state index contributed by atoms with van der Waals surface area (Å²) in [5.74, 6) is -0.909. The molecule has 5 heteroatoms. The van der Waals surface area contributed by atoms with Crippen LogP contribution in [0.25, 0.3) is 0 Å². The maximum Gasteiger partial charge on any atom is 0.303 e. The van der Waals surface area contributed by atoms with E-state index in [4.69, 9.17) is 5.11 Å². The standard InChI is InChI=1S/C11H20N2O3/c1-4-13-7-11(2,3)12-10(16)8(13)5-6-9(14)15/h8H,4-7H2,1-3H3,(H,12,16)(H,14,15). The van der Waals surface area contributed by atoms with Gasteiger partial charge in [-0.1, -0.05) is 6.92 Å². The molecule has 92 valence electrons. The SMILES string of the molecule is CCN1CC(C)(C)NC(=O)C1CCC(=O)O. The molecule has 1 atom stereocenters. The van der Waals surface area contributed by atoms with Crippen LogP contribution in [0.2, 0.25) is 0 Å². The number of carbonyl (C=O) groups is 2. The van der Waals surface area contributed by atoms with Crippen LogP contribution in [0, 0.1) is 0 Å². The fraction of sp³-hybridized carbons (Fsp3) is 0.818. The van der Waals surface area contributed by atoms with Gasteiger partial charge in [0, 0.05) is 18.5 Å². The lowest BCUT2D eigenvalue weighted by Crippen LogP contribution is -2.64. The third kappa shape index (κ3) is 3.20. The molecule has 1 unspecified atom stereocenters. The quantitative estimate of drug-likeness (QED) is 0.733. The summed E-state index contributed by atoms with van der Waals surface area (Å²) < 4.78 is 0. The van der Waals surface area contributed by atoms with Crippen LogP contribution in [0.1, 0.15) is 33.6 Å². The van der Waals surface area contributed by atoms with Gasteiger partial charge in [0.25, 0.3) is 0 Å². The number of hydrogen-bond acceptors (Lipinski definition) is 3. The first-order valence-electron chi connectivity index (χ1n) is 5.63. The average molecular weight is 228 g/mol. The van der Waals surface area contributed by atoms with E-state index in [9.17, 15) is 9.59 Å². The predicted molar refractivity (Wildman–Crippen MR) is 60.1 cm³/mol. The number of carboxylic acids is 1. The van der Waals surface area contributed by atoms with Crippen molar-refractivity contribution < 1.29 is 14.7 Å². The van der Waals surface area contributed by atoms with Gasteiger partial charge in [-0.3, -0.25) is 14.5 Å².